The second-order valence-corrected chi connectivity index (χ2v) is 5.17. The first-order chi connectivity index (χ1) is 10.6. The molecule has 1 N–H and O–H groups in total. The Balaban J connectivity index is 2.29. The minimum Gasteiger partial charge on any atom is -0.478 e. The predicted molar refractivity (Wildman–Crippen MR) is 87.6 cm³/mol. The fourth-order valence-corrected chi connectivity index (χ4v) is 2.78. The standard InChI is InChI=1S/C18H16N2O2/c1-12-14(10-11-17(21)22)18(20(2)19-12)16-9-5-7-13-6-3-4-8-15(13)16/h3-11H,1-2H3,(H,21,22)/b11-10+. The molecule has 22 heavy (non-hydrogen) atoms. The maximum atomic E-state index is 10.8. The van der Waals surface area contributed by atoms with Crippen molar-refractivity contribution in [1.29, 1.82) is 0 Å². The zero-order valence-corrected chi connectivity index (χ0v) is 12.4. The predicted octanol–water partition coefficient (Wildman–Crippen LogP) is 3.65. The van der Waals surface area contributed by atoms with E-state index in [1.807, 2.05) is 38.2 Å². The maximum absolute atomic E-state index is 10.8. The molecule has 4 heteroatoms. The monoisotopic (exact) mass is 292 g/mol. The van der Waals surface area contributed by atoms with Gasteiger partial charge in [-0.05, 0) is 23.8 Å². The van der Waals surface area contributed by atoms with E-state index >= 15 is 0 Å². The molecular weight excluding hydrogens is 276 g/mol. The van der Waals surface area contributed by atoms with Crippen molar-refractivity contribution in [2.75, 3.05) is 0 Å². The fourth-order valence-electron chi connectivity index (χ4n) is 2.78. The van der Waals surface area contributed by atoms with Gasteiger partial charge in [-0.1, -0.05) is 42.5 Å². The topological polar surface area (TPSA) is 55.1 Å². The molecule has 1 heterocycles. The highest BCUT2D eigenvalue weighted by atomic mass is 16.4. The molecule has 0 unspecified atom stereocenters. The van der Waals surface area contributed by atoms with Crippen LogP contribution in [0.2, 0.25) is 0 Å². The van der Waals surface area contributed by atoms with Gasteiger partial charge < -0.3 is 5.11 Å². The van der Waals surface area contributed by atoms with E-state index in [2.05, 4.69) is 23.3 Å². The molecule has 0 radical (unpaired) electrons. The second kappa shape index (κ2) is 5.48. The van der Waals surface area contributed by atoms with Gasteiger partial charge in [0.25, 0.3) is 0 Å². The summed E-state index contributed by atoms with van der Waals surface area (Å²) in [5, 5.41) is 15.6. The quantitative estimate of drug-likeness (QED) is 0.750. The SMILES string of the molecule is Cc1nn(C)c(-c2cccc3ccccc23)c1/C=C/C(=O)O. The van der Waals surface area contributed by atoms with Crippen LogP contribution in [-0.2, 0) is 11.8 Å². The van der Waals surface area contributed by atoms with E-state index in [1.165, 1.54) is 0 Å². The smallest absolute Gasteiger partial charge is 0.328 e. The summed E-state index contributed by atoms with van der Waals surface area (Å²) in [7, 11) is 1.88. The molecule has 110 valence electrons. The lowest BCUT2D eigenvalue weighted by Gasteiger charge is -2.08. The number of rotatable bonds is 3. The Morgan fingerprint density at radius 3 is 2.68 bits per heavy atom. The van der Waals surface area contributed by atoms with Gasteiger partial charge >= 0.3 is 5.97 Å². The molecular formula is C18H16N2O2. The molecule has 3 aromatic rings. The van der Waals surface area contributed by atoms with Crippen molar-refractivity contribution in [2.24, 2.45) is 7.05 Å². The third-order valence-corrected chi connectivity index (χ3v) is 3.71. The normalized spacial score (nSPS) is 11.4. The summed E-state index contributed by atoms with van der Waals surface area (Å²) in [4.78, 5) is 10.8. The van der Waals surface area contributed by atoms with Gasteiger partial charge in [-0.25, -0.2) is 4.79 Å². The molecule has 0 aliphatic heterocycles. The number of benzene rings is 2. The molecule has 3 rings (SSSR count). The number of hydrogen-bond donors (Lipinski definition) is 1. The molecule has 0 aliphatic rings. The summed E-state index contributed by atoms with van der Waals surface area (Å²) < 4.78 is 1.80. The minimum atomic E-state index is -0.966. The summed E-state index contributed by atoms with van der Waals surface area (Å²) in [6.45, 7) is 1.89. The first kappa shape index (κ1) is 14.1. The van der Waals surface area contributed by atoms with Gasteiger partial charge in [-0.2, -0.15) is 5.10 Å². The summed E-state index contributed by atoms with van der Waals surface area (Å²) in [6, 6.07) is 14.2. The highest BCUT2D eigenvalue weighted by Crippen LogP contribution is 2.32. The molecule has 0 saturated heterocycles. The van der Waals surface area contributed by atoms with Crippen molar-refractivity contribution >= 4 is 22.8 Å². The van der Waals surface area contributed by atoms with E-state index in [0.717, 1.165) is 39.4 Å². The van der Waals surface area contributed by atoms with Gasteiger partial charge in [0.05, 0.1) is 11.4 Å². The van der Waals surface area contributed by atoms with Crippen LogP contribution < -0.4 is 0 Å². The van der Waals surface area contributed by atoms with Crippen LogP contribution in [0, 0.1) is 6.92 Å². The summed E-state index contributed by atoms with van der Waals surface area (Å²) in [5.41, 5.74) is 3.61. The Hall–Kier alpha value is -2.88. The molecule has 0 saturated carbocycles. The third kappa shape index (κ3) is 2.39. The molecule has 1 aromatic heterocycles. The lowest BCUT2D eigenvalue weighted by molar-refractivity contribution is -0.131. The fraction of sp³-hybridized carbons (Fsp3) is 0.111. The van der Waals surface area contributed by atoms with Gasteiger partial charge in [-0.3, -0.25) is 4.68 Å². The Kier molecular flexibility index (Phi) is 3.51. The minimum absolute atomic E-state index is 0.808. The van der Waals surface area contributed by atoms with E-state index in [1.54, 1.807) is 10.8 Å². The third-order valence-electron chi connectivity index (χ3n) is 3.71. The van der Waals surface area contributed by atoms with Crippen molar-refractivity contribution in [2.45, 2.75) is 6.92 Å². The number of aromatic nitrogens is 2. The van der Waals surface area contributed by atoms with Crippen LogP contribution in [0.4, 0.5) is 0 Å². The van der Waals surface area contributed by atoms with E-state index in [-0.39, 0.29) is 0 Å². The number of hydrogen-bond acceptors (Lipinski definition) is 2. The van der Waals surface area contributed by atoms with Crippen LogP contribution >= 0.6 is 0 Å². The van der Waals surface area contributed by atoms with E-state index in [9.17, 15) is 4.79 Å². The van der Waals surface area contributed by atoms with E-state index in [0.29, 0.717) is 0 Å². The van der Waals surface area contributed by atoms with Crippen molar-refractivity contribution in [3.8, 4) is 11.3 Å². The number of aliphatic carboxylic acids is 1. The van der Waals surface area contributed by atoms with Crippen LogP contribution in [0.3, 0.4) is 0 Å². The van der Waals surface area contributed by atoms with Gasteiger partial charge in [0, 0.05) is 24.3 Å². The summed E-state index contributed by atoms with van der Waals surface area (Å²) in [6.07, 6.45) is 2.76. The molecule has 2 aromatic carbocycles. The van der Waals surface area contributed by atoms with Crippen molar-refractivity contribution in [1.82, 2.24) is 9.78 Å². The Morgan fingerprint density at radius 1 is 1.18 bits per heavy atom. The average molecular weight is 292 g/mol. The molecule has 0 atom stereocenters. The Labute approximate surface area is 128 Å². The number of fused-ring (bicyclic) bond motifs is 1. The average Bonchev–Trinajstić information content (AvgIpc) is 2.78. The van der Waals surface area contributed by atoms with Crippen molar-refractivity contribution in [3.63, 3.8) is 0 Å². The maximum Gasteiger partial charge on any atom is 0.328 e. The molecule has 0 bridgehead atoms. The highest BCUT2D eigenvalue weighted by molar-refractivity contribution is 5.98. The number of aryl methyl sites for hydroxylation is 2. The highest BCUT2D eigenvalue weighted by Gasteiger charge is 2.15. The van der Waals surface area contributed by atoms with Gasteiger partial charge in [0.1, 0.15) is 0 Å². The molecule has 4 nitrogen and oxygen atoms in total. The number of nitrogens with zero attached hydrogens (tertiary/aromatic N) is 2. The molecule has 0 fully saturated rings. The summed E-state index contributed by atoms with van der Waals surface area (Å²) in [5.74, 6) is -0.966. The summed E-state index contributed by atoms with van der Waals surface area (Å²) >= 11 is 0. The largest absolute Gasteiger partial charge is 0.478 e. The van der Waals surface area contributed by atoms with Crippen LogP contribution in [-0.4, -0.2) is 20.9 Å². The second-order valence-electron chi connectivity index (χ2n) is 5.17. The van der Waals surface area contributed by atoms with Gasteiger partial charge in [0.2, 0.25) is 0 Å². The van der Waals surface area contributed by atoms with Crippen LogP contribution in [0.15, 0.2) is 48.5 Å². The molecule has 0 amide bonds. The number of carbonyl (C=O) groups is 1. The van der Waals surface area contributed by atoms with E-state index < -0.39 is 5.97 Å². The molecule has 0 spiro atoms. The van der Waals surface area contributed by atoms with Crippen LogP contribution in [0.25, 0.3) is 28.1 Å². The van der Waals surface area contributed by atoms with Crippen LogP contribution in [0.1, 0.15) is 11.3 Å². The zero-order chi connectivity index (χ0) is 15.7. The number of carboxylic acids is 1. The lowest BCUT2D eigenvalue weighted by atomic mass is 9.99. The Morgan fingerprint density at radius 2 is 1.91 bits per heavy atom. The van der Waals surface area contributed by atoms with Gasteiger partial charge in [0.15, 0.2) is 0 Å². The van der Waals surface area contributed by atoms with Crippen molar-refractivity contribution in [3.05, 3.63) is 59.8 Å². The van der Waals surface area contributed by atoms with E-state index in [4.69, 9.17) is 5.11 Å². The number of carboxylic acid groups (broad SMARTS) is 1. The lowest BCUT2D eigenvalue weighted by Crippen LogP contribution is -1.95. The zero-order valence-electron chi connectivity index (χ0n) is 12.4. The molecule has 0 aliphatic carbocycles. The first-order valence-corrected chi connectivity index (χ1v) is 7.00. The van der Waals surface area contributed by atoms with Gasteiger partial charge in [-0.15, -0.1) is 0 Å². The van der Waals surface area contributed by atoms with Crippen LogP contribution in [0.5, 0.6) is 0 Å². The van der Waals surface area contributed by atoms with Crippen molar-refractivity contribution < 1.29 is 9.90 Å². The first-order valence-electron chi connectivity index (χ1n) is 7.00. The Bertz CT molecular complexity index is 886.